The summed E-state index contributed by atoms with van der Waals surface area (Å²) in [5.41, 5.74) is 0.961. The largest absolute Gasteiger partial charge is 0.480 e. The fraction of sp³-hybridized carbons (Fsp3) is 0.150. The Morgan fingerprint density at radius 1 is 1.24 bits per heavy atom. The maximum Gasteiger partial charge on any atom is 0.344 e. The second-order valence-corrected chi connectivity index (χ2v) is 7.69. The minimum Gasteiger partial charge on any atom is -0.480 e. The second kappa shape index (κ2) is 11.0. The van der Waals surface area contributed by atoms with E-state index in [-0.39, 0.29) is 18.8 Å². The first-order valence-electron chi connectivity index (χ1n) is 8.30. The van der Waals surface area contributed by atoms with E-state index in [2.05, 4.69) is 37.2 Å². The van der Waals surface area contributed by atoms with Gasteiger partial charge in [-0.05, 0) is 80.8 Å². The number of nitriles is 1. The molecule has 6 nitrogen and oxygen atoms in total. The van der Waals surface area contributed by atoms with E-state index in [0.717, 1.165) is 0 Å². The highest BCUT2D eigenvalue weighted by Gasteiger charge is 2.14. The van der Waals surface area contributed by atoms with Gasteiger partial charge in [0.1, 0.15) is 17.4 Å². The van der Waals surface area contributed by atoms with Crippen LogP contribution >= 0.6 is 43.5 Å². The molecule has 1 N–H and O–H groups in total. The van der Waals surface area contributed by atoms with E-state index in [1.54, 1.807) is 43.3 Å². The number of carbonyl (C=O) groups is 2. The minimum atomic E-state index is -0.565. The molecule has 2 rings (SSSR count). The van der Waals surface area contributed by atoms with Crippen molar-refractivity contribution in [3.8, 4) is 11.8 Å². The maximum atomic E-state index is 12.4. The van der Waals surface area contributed by atoms with Crippen LogP contribution in [0.25, 0.3) is 6.08 Å². The lowest BCUT2D eigenvalue weighted by molar-refractivity contribution is -0.145. The molecule has 29 heavy (non-hydrogen) atoms. The fourth-order valence-corrected chi connectivity index (χ4v) is 3.86. The van der Waals surface area contributed by atoms with Crippen LogP contribution in [0, 0.1) is 11.3 Å². The SMILES string of the molecule is CCOC(=O)COc1c(Br)cc(/C=C(\C#N)C(=O)Nc2cccc(Cl)c2)cc1Br. The van der Waals surface area contributed by atoms with Gasteiger partial charge in [-0.15, -0.1) is 0 Å². The number of nitrogens with one attached hydrogen (secondary N) is 1. The number of carbonyl (C=O) groups excluding carboxylic acids is 2. The molecule has 0 bridgehead atoms. The van der Waals surface area contributed by atoms with Crippen LogP contribution in [-0.4, -0.2) is 25.1 Å². The normalized spacial score (nSPS) is 10.8. The molecule has 0 aliphatic rings. The predicted octanol–water partition coefficient (Wildman–Crippen LogP) is 5.35. The second-order valence-electron chi connectivity index (χ2n) is 5.54. The Labute approximate surface area is 189 Å². The molecule has 1 amide bonds. The summed E-state index contributed by atoms with van der Waals surface area (Å²) in [5, 5.41) is 12.5. The molecular formula is C20H15Br2ClN2O4. The van der Waals surface area contributed by atoms with Crippen LogP contribution in [0.3, 0.4) is 0 Å². The average molecular weight is 543 g/mol. The van der Waals surface area contributed by atoms with Crippen LogP contribution in [0.5, 0.6) is 5.75 Å². The highest BCUT2D eigenvalue weighted by atomic mass is 79.9. The zero-order valence-electron chi connectivity index (χ0n) is 15.2. The summed E-state index contributed by atoms with van der Waals surface area (Å²) in [4.78, 5) is 23.9. The third kappa shape index (κ3) is 6.89. The summed E-state index contributed by atoms with van der Waals surface area (Å²) in [5.74, 6) is -0.651. The average Bonchev–Trinajstić information content (AvgIpc) is 2.65. The molecule has 0 spiro atoms. The number of hydrogen-bond donors (Lipinski definition) is 1. The van der Waals surface area contributed by atoms with Crippen molar-refractivity contribution in [2.45, 2.75) is 6.92 Å². The number of esters is 1. The Hall–Kier alpha value is -2.34. The molecule has 0 saturated heterocycles. The summed E-state index contributed by atoms with van der Waals surface area (Å²) < 4.78 is 11.4. The number of hydrogen-bond acceptors (Lipinski definition) is 5. The van der Waals surface area contributed by atoms with E-state index in [1.165, 1.54) is 6.08 Å². The van der Waals surface area contributed by atoms with Crippen LogP contribution < -0.4 is 10.1 Å². The smallest absolute Gasteiger partial charge is 0.344 e. The molecule has 0 heterocycles. The number of amides is 1. The molecule has 2 aromatic carbocycles. The standard InChI is InChI=1S/C20H15Br2ClN2O4/c1-2-28-18(26)11-29-19-16(21)7-12(8-17(19)22)6-13(10-24)20(27)25-15-5-3-4-14(23)9-15/h3-9H,2,11H2,1H3,(H,25,27)/b13-6+. The Balaban J connectivity index is 2.19. The molecule has 150 valence electrons. The van der Waals surface area contributed by atoms with E-state index in [1.807, 2.05) is 6.07 Å². The van der Waals surface area contributed by atoms with Crippen LogP contribution in [0.15, 0.2) is 50.9 Å². The molecule has 0 atom stereocenters. The van der Waals surface area contributed by atoms with Gasteiger partial charge in [-0.25, -0.2) is 4.79 Å². The fourth-order valence-electron chi connectivity index (χ4n) is 2.21. The zero-order valence-corrected chi connectivity index (χ0v) is 19.1. The number of nitrogens with zero attached hydrogens (tertiary/aromatic N) is 1. The predicted molar refractivity (Wildman–Crippen MR) is 118 cm³/mol. The maximum absolute atomic E-state index is 12.4. The first-order valence-corrected chi connectivity index (χ1v) is 10.3. The third-order valence-electron chi connectivity index (χ3n) is 3.42. The van der Waals surface area contributed by atoms with Gasteiger partial charge in [-0.1, -0.05) is 17.7 Å². The molecule has 0 fully saturated rings. The van der Waals surface area contributed by atoms with E-state index < -0.39 is 11.9 Å². The molecule has 0 aliphatic carbocycles. The summed E-state index contributed by atoms with van der Waals surface area (Å²) in [7, 11) is 0. The summed E-state index contributed by atoms with van der Waals surface area (Å²) in [6.45, 7) is 1.73. The molecular weight excluding hydrogens is 527 g/mol. The number of halogens is 3. The Morgan fingerprint density at radius 2 is 1.93 bits per heavy atom. The van der Waals surface area contributed by atoms with Gasteiger partial charge in [0.15, 0.2) is 6.61 Å². The molecule has 9 heteroatoms. The van der Waals surface area contributed by atoms with Gasteiger partial charge in [0.2, 0.25) is 0 Å². The Bertz CT molecular complexity index is 979. The van der Waals surface area contributed by atoms with Crippen molar-refractivity contribution < 1.29 is 19.1 Å². The van der Waals surface area contributed by atoms with E-state index >= 15 is 0 Å². The number of rotatable bonds is 7. The molecule has 0 aromatic heterocycles. The summed E-state index contributed by atoms with van der Waals surface area (Å²) in [6, 6.07) is 11.8. The van der Waals surface area contributed by atoms with Crippen molar-refractivity contribution in [1.82, 2.24) is 0 Å². The summed E-state index contributed by atoms with van der Waals surface area (Å²) >= 11 is 12.6. The number of ether oxygens (including phenoxy) is 2. The van der Waals surface area contributed by atoms with Gasteiger partial charge in [0, 0.05) is 10.7 Å². The van der Waals surface area contributed by atoms with Gasteiger partial charge in [-0.2, -0.15) is 5.26 Å². The van der Waals surface area contributed by atoms with Gasteiger partial charge >= 0.3 is 5.97 Å². The van der Waals surface area contributed by atoms with E-state index in [4.69, 9.17) is 21.1 Å². The lowest BCUT2D eigenvalue weighted by Crippen LogP contribution is -2.15. The van der Waals surface area contributed by atoms with Crippen LogP contribution in [0.2, 0.25) is 5.02 Å². The monoisotopic (exact) mass is 540 g/mol. The minimum absolute atomic E-state index is 0.0935. The van der Waals surface area contributed by atoms with Crippen LogP contribution in [-0.2, 0) is 14.3 Å². The van der Waals surface area contributed by atoms with Crippen molar-refractivity contribution in [2.24, 2.45) is 0 Å². The van der Waals surface area contributed by atoms with E-state index in [0.29, 0.717) is 31.0 Å². The van der Waals surface area contributed by atoms with Crippen molar-refractivity contribution in [3.05, 3.63) is 61.5 Å². The van der Waals surface area contributed by atoms with Crippen molar-refractivity contribution >= 4 is 67.1 Å². The number of benzene rings is 2. The topological polar surface area (TPSA) is 88.4 Å². The van der Waals surface area contributed by atoms with Gasteiger partial charge in [0.05, 0.1) is 15.6 Å². The van der Waals surface area contributed by atoms with Crippen LogP contribution in [0.4, 0.5) is 5.69 Å². The zero-order chi connectivity index (χ0) is 21.4. The lowest BCUT2D eigenvalue weighted by atomic mass is 10.1. The first kappa shape index (κ1) is 22.9. The summed E-state index contributed by atoms with van der Waals surface area (Å²) in [6.07, 6.45) is 1.44. The quantitative estimate of drug-likeness (QED) is 0.289. The third-order valence-corrected chi connectivity index (χ3v) is 4.83. The van der Waals surface area contributed by atoms with Crippen LogP contribution in [0.1, 0.15) is 12.5 Å². The van der Waals surface area contributed by atoms with Crippen molar-refractivity contribution in [1.29, 1.82) is 5.26 Å². The molecule has 0 aliphatic heterocycles. The van der Waals surface area contributed by atoms with Crippen molar-refractivity contribution in [3.63, 3.8) is 0 Å². The lowest BCUT2D eigenvalue weighted by Gasteiger charge is -2.11. The molecule has 0 saturated carbocycles. The molecule has 0 radical (unpaired) electrons. The van der Waals surface area contributed by atoms with Crippen molar-refractivity contribution in [2.75, 3.05) is 18.5 Å². The Kier molecular flexibility index (Phi) is 8.70. The molecule has 0 unspecified atom stereocenters. The van der Waals surface area contributed by atoms with Gasteiger partial charge < -0.3 is 14.8 Å². The Morgan fingerprint density at radius 3 is 2.52 bits per heavy atom. The molecule has 2 aromatic rings. The highest BCUT2D eigenvalue weighted by Crippen LogP contribution is 2.35. The van der Waals surface area contributed by atoms with E-state index in [9.17, 15) is 14.9 Å². The van der Waals surface area contributed by atoms with Gasteiger partial charge in [0.25, 0.3) is 5.91 Å². The first-order chi connectivity index (χ1) is 13.8. The number of anilines is 1. The van der Waals surface area contributed by atoms with Gasteiger partial charge in [-0.3, -0.25) is 4.79 Å². The highest BCUT2D eigenvalue weighted by molar-refractivity contribution is 9.11.